The fraction of sp³-hybridized carbons (Fsp3) is 0.333. The number of nitrogen functional groups attached to an aromatic ring is 1. The minimum absolute atomic E-state index is 0.220. The summed E-state index contributed by atoms with van der Waals surface area (Å²) >= 11 is 0. The molecule has 25 heavy (non-hydrogen) atoms. The number of hydrogen-bond donors (Lipinski definition) is 3. The standard InChI is InChI=1S/C15H16N4O6/c16-14-17-7-19(15(23)18-14)12-11(21)10(20)9(25-12)6-24-13(22)8-4-2-1-3-5-8/h1-5,7,9-12,20-21H,6H2,(H2,16,18,23)/t9-,10-,11-,12-/m1/s1. The lowest BCUT2D eigenvalue weighted by atomic mass is 10.1. The number of anilines is 1. The van der Waals surface area contributed by atoms with Gasteiger partial charge in [-0.25, -0.2) is 14.6 Å². The predicted octanol–water partition coefficient (Wildman–Crippen LogP) is -1.30. The van der Waals surface area contributed by atoms with Gasteiger partial charge in [-0.2, -0.15) is 4.98 Å². The summed E-state index contributed by atoms with van der Waals surface area (Å²) in [4.78, 5) is 30.8. The summed E-state index contributed by atoms with van der Waals surface area (Å²) in [6, 6.07) is 8.29. The van der Waals surface area contributed by atoms with Crippen LogP contribution in [-0.4, -0.2) is 55.6 Å². The molecule has 1 aliphatic heterocycles. The van der Waals surface area contributed by atoms with Gasteiger partial charge in [0.1, 0.15) is 31.2 Å². The average Bonchev–Trinajstić information content (AvgIpc) is 2.89. The highest BCUT2D eigenvalue weighted by Gasteiger charge is 2.44. The third-order valence-corrected chi connectivity index (χ3v) is 3.75. The molecule has 2 aromatic rings. The van der Waals surface area contributed by atoms with Gasteiger partial charge in [-0.3, -0.25) is 4.57 Å². The van der Waals surface area contributed by atoms with E-state index in [0.717, 1.165) is 10.9 Å². The predicted molar refractivity (Wildman–Crippen MR) is 83.4 cm³/mol. The SMILES string of the molecule is Nc1ncn([C@@H]2O[C@H](COC(=O)c3ccccc3)[C@@H](O)[C@H]2O)c(=O)n1. The van der Waals surface area contributed by atoms with Gasteiger partial charge in [0.05, 0.1) is 5.56 Å². The molecule has 10 nitrogen and oxygen atoms in total. The first-order valence-electron chi connectivity index (χ1n) is 7.42. The Morgan fingerprint density at radius 1 is 1.28 bits per heavy atom. The highest BCUT2D eigenvalue weighted by molar-refractivity contribution is 5.89. The zero-order valence-electron chi connectivity index (χ0n) is 12.9. The van der Waals surface area contributed by atoms with Crippen LogP contribution >= 0.6 is 0 Å². The first kappa shape index (κ1) is 17.0. The Hall–Kier alpha value is -2.82. The van der Waals surface area contributed by atoms with Gasteiger partial charge < -0.3 is 25.4 Å². The lowest BCUT2D eigenvalue weighted by molar-refractivity contribution is -0.0602. The third-order valence-electron chi connectivity index (χ3n) is 3.75. The molecule has 0 unspecified atom stereocenters. The Bertz CT molecular complexity index is 811. The molecule has 10 heteroatoms. The molecule has 0 spiro atoms. The number of esters is 1. The number of nitrogens with zero attached hydrogens (tertiary/aromatic N) is 3. The Kier molecular flexibility index (Phi) is 4.74. The van der Waals surface area contributed by atoms with Crippen molar-refractivity contribution in [2.75, 3.05) is 12.3 Å². The molecule has 132 valence electrons. The second-order valence-electron chi connectivity index (χ2n) is 5.42. The van der Waals surface area contributed by atoms with Crippen molar-refractivity contribution in [3.8, 4) is 0 Å². The van der Waals surface area contributed by atoms with Gasteiger partial charge in [0, 0.05) is 0 Å². The normalized spacial score (nSPS) is 25.7. The molecular weight excluding hydrogens is 332 g/mol. The van der Waals surface area contributed by atoms with Gasteiger partial charge in [-0.05, 0) is 12.1 Å². The van der Waals surface area contributed by atoms with Crippen molar-refractivity contribution in [3.05, 3.63) is 52.7 Å². The Labute approximate surface area is 141 Å². The van der Waals surface area contributed by atoms with Crippen LogP contribution in [0.3, 0.4) is 0 Å². The number of aliphatic hydroxyl groups excluding tert-OH is 2. The molecule has 4 atom stereocenters. The zero-order chi connectivity index (χ0) is 18.0. The van der Waals surface area contributed by atoms with Crippen molar-refractivity contribution in [2.24, 2.45) is 0 Å². The summed E-state index contributed by atoms with van der Waals surface area (Å²) in [6.45, 7) is -0.299. The van der Waals surface area contributed by atoms with E-state index < -0.39 is 36.2 Å². The van der Waals surface area contributed by atoms with Crippen LogP contribution in [0.25, 0.3) is 0 Å². The maximum atomic E-state index is 11.9. The maximum absolute atomic E-state index is 11.9. The first-order valence-corrected chi connectivity index (χ1v) is 7.42. The van der Waals surface area contributed by atoms with E-state index in [1.54, 1.807) is 30.3 Å². The van der Waals surface area contributed by atoms with E-state index in [-0.39, 0.29) is 12.6 Å². The lowest BCUT2D eigenvalue weighted by Gasteiger charge is -2.16. The Morgan fingerprint density at radius 3 is 2.68 bits per heavy atom. The minimum atomic E-state index is -1.43. The Balaban J connectivity index is 1.68. The number of benzene rings is 1. The van der Waals surface area contributed by atoms with Crippen LogP contribution < -0.4 is 11.4 Å². The van der Waals surface area contributed by atoms with E-state index in [0.29, 0.717) is 5.56 Å². The number of rotatable bonds is 4. The fourth-order valence-electron chi connectivity index (χ4n) is 2.44. The van der Waals surface area contributed by atoms with Crippen molar-refractivity contribution in [3.63, 3.8) is 0 Å². The molecule has 1 aromatic carbocycles. The second kappa shape index (κ2) is 6.97. The molecule has 1 fully saturated rings. The molecule has 0 amide bonds. The highest BCUT2D eigenvalue weighted by Crippen LogP contribution is 2.28. The molecule has 0 aliphatic carbocycles. The number of carbonyl (C=O) groups is 1. The number of carbonyl (C=O) groups excluding carboxylic acids is 1. The van der Waals surface area contributed by atoms with Crippen molar-refractivity contribution in [1.82, 2.24) is 14.5 Å². The molecule has 0 radical (unpaired) electrons. The summed E-state index contributed by atoms with van der Waals surface area (Å²) in [5.41, 5.74) is 4.86. The molecule has 2 heterocycles. The number of hydrogen-bond acceptors (Lipinski definition) is 9. The van der Waals surface area contributed by atoms with Gasteiger partial charge in [-0.15, -0.1) is 0 Å². The topological polar surface area (TPSA) is 150 Å². The third kappa shape index (κ3) is 3.50. The molecule has 4 N–H and O–H groups in total. The first-order chi connectivity index (χ1) is 12.0. The maximum Gasteiger partial charge on any atom is 0.354 e. The molecule has 0 saturated carbocycles. The zero-order valence-corrected chi connectivity index (χ0v) is 12.9. The van der Waals surface area contributed by atoms with Gasteiger partial charge in [0.2, 0.25) is 5.95 Å². The molecule has 1 aromatic heterocycles. The second-order valence-corrected chi connectivity index (χ2v) is 5.42. The van der Waals surface area contributed by atoms with Crippen LogP contribution in [0.5, 0.6) is 0 Å². The van der Waals surface area contributed by atoms with Gasteiger partial charge in [0.25, 0.3) is 0 Å². The fourth-order valence-corrected chi connectivity index (χ4v) is 2.44. The van der Waals surface area contributed by atoms with E-state index in [2.05, 4.69) is 9.97 Å². The lowest BCUT2D eigenvalue weighted by Crippen LogP contribution is -2.36. The number of aliphatic hydroxyl groups is 2. The van der Waals surface area contributed by atoms with Crippen LogP contribution in [-0.2, 0) is 9.47 Å². The Morgan fingerprint density at radius 2 is 2.00 bits per heavy atom. The van der Waals surface area contributed by atoms with Crippen molar-refractivity contribution < 1.29 is 24.5 Å². The summed E-state index contributed by atoms with van der Waals surface area (Å²) in [6.07, 6.45) is -3.96. The smallest absolute Gasteiger partial charge is 0.354 e. The van der Waals surface area contributed by atoms with Crippen molar-refractivity contribution in [1.29, 1.82) is 0 Å². The van der Waals surface area contributed by atoms with Crippen molar-refractivity contribution in [2.45, 2.75) is 24.5 Å². The quantitative estimate of drug-likeness (QED) is 0.573. The van der Waals surface area contributed by atoms with Crippen LogP contribution in [0.1, 0.15) is 16.6 Å². The largest absolute Gasteiger partial charge is 0.459 e. The van der Waals surface area contributed by atoms with Gasteiger partial charge in [-0.1, -0.05) is 18.2 Å². The highest BCUT2D eigenvalue weighted by atomic mass is 16.6. The molecule has 0 bridgehead atoms. The van der Waals surface area contributed by atoms with Crippen LogP contribution in [0.2, 0.25) is 0 Å². The number of aromatic nitrogens is 3. The van der Waals surface area contributed by atoms with E-state index in [1.165, 1.54) is 0 Å². The van der Waals surface area contributed by atoms with E-state index in [4.69, 9.17) is 15.2 Å². The summed E-state index contributed by atoms with van der Waals surface area (Å²) < 4.78 is 11.4. The van der Waals surface area contributed by atoms with Gasteiger partial charge in [0.15, 0.2) is 6.23 Å². The van der Waals surface area contributed by atoms with E-state index in [1.807, 2.05) is 0 Å². The van der Waals surface area contributed by atoms with Gasteiger partial charge >= 0.3 is 11.7 Å². The monoisotopic (exact) mass is 348 g/mol. The van der Waals surface area contributed by atoms with Crippen LogP contribution in [0.4, 0.5) is 5.95 Å². The number of nitrogens with two attached hydrogens (primary N) is 1. The molecular formula is C15H16N4O6. The van der Waals surface area contributed by atoms with E-state index in [9.17, 15) is 19.8 Å². The summed E-state index contributed by atoms with van der Waals surface area (Å²) in [5, 5.41) is 20.2. The molecule has 1 aliphatic rings. The summed E-state index contributed by atoms with van der Waals surface area (Å²) in [5.74, 6) is -0.815. The van der Waals surface area contributed by atoms with Crippen LogP contribution in [0, 0.1) is 0 Å². The van der Waals surface area contributed by atoms with Crippen molar-refractivity contribution >= 4 is 11.9 Å². The molecule has 1 saturated heterocycles. The van der Waals surface area contributed by atoms with Crippen LogP contribution in [0.15, 0.2) is 41.5 Å². The number of ether oxygens (including phenoxy) is 2. The average molecular weight is 348 g/mol. The molecule has 3 rings (SSSR count). The minimum Gasteiger partial charge on any atom is -0.459 e. The summed E-state index contributed by atoms with van der Waals surface area (Å²) in [7, 11) is 0. The van der Waals surface area contributed by atoms with E-state index >= 15 is 0 Å².